The van der Waals surface area contributed by atoms with E-state index in [4.69, 9.17) is 4.74 Å². The van der Waals surface area contributed by atoms with Gasteiger partial charge in [-0.1, -0.05) is 13.8 Å². The van der Waals surface area contributed by atoms with Crippen LogP contribution in [-0.4, -0.2) is 49.8 Å². The molecule has 0 saturated carbocycles. The monoisotopic (exact) mass is 429 g/mol. The molecule has 0 radical (unpaired) electrons. The molecule has 4 nitrogen and oxygen atoms in total. The average molecular weight is 429 g/mol. The van der Waals surface area contributed by atoms with Crippen molar-refractivity contribution in [2.75, 3.05) is 39.1 Å². The predicted molar refractivity (Wildman–Crippen MR) is 105 cm³/mol. The van der Waals surface area contributed by atoms with Crippen molar-refractivity contribution < 1.29 is 4.74 Å². The number of nitrogens with one attached hydrogen (secondary N) is 2. The van der Waals surface area contributed by atoms with Gasteiger partial charge in [-0.15, -0.1) is 24.0 Å². The van der Waals surface area contributed by atoms with Gasteiger partial charge in [0.2, 0.25) is 0 Å². The van der Waals surface area contributed by atoms with E-state index in [1.54, 1.807) is 0 Å². The first-order valence-electron chi connectivity index (χ1n) is 7.72. The molecule has 1 fully saturated rings. The zero-order valence-corrected chi connectivity index (χ0v) is 17.1. The summed E-state index contributed by atoms with van der Waals surface area (Å²) in [5, 5.41) is 6.73. The second-order valence-corrected chi connectivity index (χ2v) is 7.73. The number of aliphatic imine (C=N–C) groups is 1. The van der Waals surface area contributed by atoms with E-state index < -0.39 is 0 Å². The van der Waals surface area contributed by atoms with Crippen LogP contribution in [0.5, 0.6) is 0 Å². The van der Waals surface area contributed by atoms with Crippen LogP contribution in [0.15, 0.2) is 4.99 Å². The molecule has 21 heavy (non-hydrogen) atoms. The summed E-state index contributed by atoms with van der Waals surface area (Å²) in [6, 6.07) is 0. The molecule has 0 amide bonds. The predicted octanol–water partition coefficient (Wildman–Crippen LogP) is 3.12. The minimum Gasteiger partial charge on any atom is -0.380 e. The van der Waals surface area contributed by atoms with Crippen molar-refractivity contribution in [2.45, 2.75) is 44.8 Å². The Labute approximate surface area is 151 Å². The standard InChI is InChI=1S/C15H31N3OS.HI/c1-13(2)6-9-19-10-8-17-14(16-4)18-12-15(3)7-5-11-20-15;/h13H,5-12H2,1-4H3,(H2,16,17,18);1H. The zero-order chi connectivity index (χ0) is 14.8. The van der Waals surface area contributed by atoms with Gasteiger partial charge in [0, 0.05) is 31.5 Å². The van der Waals surface area contributed by atoms with Gasteiger partial charge in [-0.05, 0) is 37.9 Å². The van der Waals surface area contributed by atoms with E-state index in [-0.39, 0.29) is 24.0 Å². The fourth-order valence-corrected chi connectivity index (χ4v) is 3.37. The molecule has 1 rings (SSSR count). The van der Waals surface area contributed by atoms with Gasteiger partial charge in [-0.3, -0.25) is 4.99 Å². The Morgan fingerprint density at radius 2 is 2.10 bits per heavy atom. The van der Waals surface area contributed by atoms with E-state index in [9.17, 15) is 0 Å². The van der Waals surface area contributed by atoms with Crippen molar-refractivity contribution >= 4 is 41.7 Å². The molecule has 1 unspecified atom stereocenters. The topological polar surface area (TPSA) is 45.7 Å². The SMILES string of the molecule is CN=C(NCCOCCC(C)C)NCC1(C)CCCS1.I. The van der Waals surface area contributed by atoms with Gasteiger partial charge < -0.3 is 15.4 Å². The first-order chi connectivity index (χ1) is 9.56. The van der Waals surface area contributed by atoms with E-state index in [1.807, 2.05) is 7.05 Å². The van der Waals surface area contributed by atoms with Crippen LogP contribution in [-0.2, 0) is 4.74 Å². The molecule has 1 aliphatic rings. The van der Waals surface area contributed by atoms with E-state index in [0.717, 1.165) is 38.7 Å². The van der Waals surface area contributed by atoms with Crippen molar-refractivity contribution in [2.24, 2.45) is 10.9 Å². The lowest BCUT2D eigenvalue weighted by atomic mass is 10.1. The van der Waals surface area contributed by atoms with Gasteiger partial charge in [0.1, 0.15) is 0 Å². The third-order valence-corrected chi connectivity index (χ3v) is 5.07. The Hall–Kier alpha value is 0.310. The number of ether oxygens (including phenoxy) is 1. The van der Waals surface area contributed by atoms with Crippen LogP contribution in [0.2, 0.25) is 0 Å². The lowest BCUT2D eigenvalue weighted by Gasteiger charge is -2.24. The van der Waals surface area contributed by atoms with E-state index in [0.29, 0.717) is 10.7 Å². The first-order valence-corrected chi connectivity index (χ1v) is 8.70. The molecule has 126 valence electrons. The third-order valence-electron chi connectivity index (χ3n) is 3.53. The Morgan fingerprint density at radius 1 is 1.33 bits per heavy atom. The van der Waals surface area contributed by atoms with Gasteiger partial charge in [0.15, 0.2) is 5.96 Å². The second-order valence-electron chi connectivity index (χ2n) is 6.05. The Balaban J connectivity index is 0.00000400. The van der Waals surface area contributed by atoms with Crippen molar-refractivity contribution in [1.82, 2.24) is 10.6 Å². The Bertz CT molecular complexity index is 295. The fraction of sp³-hybridized carbons (Fsp3) is 0.933. The lowest BCUT2D eigenvalue weighted by molar-refractivity contribution is 0.128. The molecule has 6 heteroatoms. The van der Waals surface area contributed by atoms with Crippen LogP contribution in [0.3, 0.4) is 0 Å². The maximum Gasteiger partial charge on any atom is 0.191 e. The Morgan fingerprint density at radius 3 is 2.67 bits per heavy atom. The highest BCUT2D eigenvalue weighted by atomic mass is 127. The highest BCUT2D eigenvalue weighted by Gasteiger charge is 2.29. The van der Waals surface area contributed by atoms with Crippen LogP contribution in [0.4, 0.5) is 0 Å². The largest absolute Gasteiger partial charge is 0.380 e. The van der Waals surface area contributed by atoms with Crippen molar-refractivity contribution in [3.63, 3.8) is 0 Å². The number of nitrogens with zero attached hydrogens (tertiary/aromatic N) is 1. The number of guanidine groups is 1. The van der Waals surface area contributed by atoms with Crippen LogP contribution in [0.1, 0.15) is 40.0 Å². The molecular formula is C15H32IN3OS. The lowest BCUT2D eigenvalue weighted by Crippen LogP contribution is -2.44. The summed E-state index contributed by atoms with van der Waals surface area (Å²) in [7, 11) is 1.82. The molecule has 0 aromatic carbocycles. The van der Waals surface area contributed by atoms with Gasteiger partial charge >= 0.3 is 0 Å². The van der Waals surface area contributed by atoms with Crippen LogP contribution >= 0.6 is 35.7 Å². The molecule has 1 saturated heterocycles. The maximum atomic E-state index is 5.59. The highest BCUT2D eigenvalue weighted by Crippen LogP contribution is 2.36. The van der Waals surface area contributed by atoms with Gasteiger partial charge in [-0.2, -0.15) is 11.8 Å². The minimum atomic E-state index is 0. The number of hydrogen-bond acceptors (Lipinski definition) is 3. The molecule has 1 aliphatic heterocycles. The van der Waals surface area contributed by atoms with Gasteiger partial charge in [0.25, 0.3) is 0 Å². The van der Waals surface area contributed by atoms with Crippen molar-refractivity contribution in [3.05, 3.63) is 0 Å². The van der Waals surface area contributed by atoms with E-state index >= 15 is 0 Å². The summed E-state index contributed by atoms with van der Waals surface area (Å²) in [4.78, 5) is 4.26. The molecular weight excluding hydrogens is 397 g/mol. The first kappa shape index (κ1) is 21.3. The Kier molecular flexibility index (Phi) is 12.0. The summed E-state index contributed by atoms with van der Waals surface area (Å²) >= 11 is 2.06. The number of thioether (sulfide) groups is 1. The summed E-state index contributed by atoms with van der Waals surface area (Å²) in [5.74, 6) is 2.88. The van der Waals surface area contributed by atoms with E-state index in [2.05, 4.69) is 48.2 Å². The fourth-order valence-electron chi connectivity index (χ4n) is 2.13. The van der Waals surface area contributed by atoms with Gasteiger partial charge in [-0.25, -0.2) is 0 Å². The highest BCUT2D eigenvalue weighted by molar-refractivity contribution is 14.0. The molecule has 1 heterocycles. The van der Waals surface area contributed by atoms with Crippen molar-refractivity contribution in [3.8, 4) is 0 Å². The summed E-state index contributed by atoms with van der Waals surface area (Å²) in [6.07, 6.45) is 3.75. The van der Waals surface area contributed by atoms with Crippen LogP contribution in [0.25, 0.3) is 0 Å². The summed E-state index contributed by atoms with van der Waals surface area (Å²) in [6.45, 7) is 10.1. The summed E-state index contributed by atoms with van der Waals surface area (Å²) in [5.41, 5.74) is 0. The van der Waals surface area contributed by atoms with Gasteiger partial charge in [0.05, 0.1) is 6.61 Å². The van der Waals surface area contributed by atoms with Crippen LogP contribution in [0, 0.1) is 5.92 Å². The normalized spacial score (nSPS) is 22.2. The second kappa shape index (κ2) is 11.8. The number of rotatable bonds is 8. The van der Waals surface area contributed by atoms with Crippen LogP contribution < -0.4 is 10.6 Å². The molecule has 0 aliphatic carbocycles. The number of hydrogen-bond donors (Lipinski definition) is 2. The van der Waals surface area contributed by atoms with E-state index in [1.165, 1.54) is 18.6 Å². The quantitative estimate of drug-likeness (QED) is 0.269. The molecule has 0 spiro atoms. The minimum absolute atomic E-state index is 0. The molecule has 2 N–H and O–H groups in total. The smallest absolute Gasteiger partial charge is 0.191 e. The third kappa shape index (κ3) is 9.84. The molecule has 1 atom stereocenters. The summed E-state index contributed by atoms with van der Waals surface area (Å²) < 4.78 is 5.95. The maximum absolute atomic E-state index is 5.59. The zero-order valence-electron chi connectivity index (χ0n) is 13.9. The molecule has 0 bridgehead atoms. The number of halogens is 1. The molecule has 0 aromatic rings. The average Bonchev–Trinajstić information content (AvgIpc) is 2.84. The van der Waals surface area contributed by atoms with Crippen molar-refractivity contribution in [1.29, 1.82) is 0 Å². The molecule has 0 aromatic heterocycles.